The van der Waals surface area contributed by atoms with Gasteiger partial charge >= 0.3 is 6.18 Å². The van der Waals surface area contributed by atoms with E-state index in [0.717, 1.165) is 0 Å². The summed E-state index contributed by atoms with van der Waals surface area (Å²) in [6.07, 6.45) is -2.62. The van der Waals surface area contributed by atoms with Crippen LogP contribution in [0.4, 0.5) is 22.0 Å². The molecular formula is C17H18F5N3. The number of nitrogens with zero attached hydrogens (tertiary/aromatic N) is 3. The highest BCUT2D eigenvalue weighted by atomic mass is 19.4. The Morgan fingerprint density at radius 1 is 1.32 bits per heavy atom. The molecule has 0 bridgehead atoms. The van der Waals surface area contributed by atoms with Crippen LogP contribution in [0.5, 0.6) is 0 Å². The minimum Gasteiger partial charge on any atom is -0.330 e. The quantitative estimate of drug-likeness (QED) is 0.677. The van der Waals surface area contributed by atoms with Crippen LogP contribution in [0.1, 0.15) is 39.0 Å². The van der Waals surface area contributed by atoms with Gasteiger partial charge in [0.1, 0.15) is 5.84 Å². The maximum absolute atomic E-state index is 13.9. The number of aliphatic imine (C=N–C) groups is 1. The van der Waals surface area contributed by atoms with Crippen molar-refractivity contribution in [2.45, 2.75) is 56.7 Å². The van der Waals surface area contributed by atoms with E-state index in [1.807, 2.05) is 6.07 Å². The van der Waals surface area contributed by atoms with Crippen LogP contribution in [0.3, 0.4) is 0 Å². The number of alkyl halides is 5. The lowest BCUT2D eigenvalue weighted by atomic mass is 9.78. The maximum Gasteiger partial charge on any atom is 0.415 e. The van der Waals surface area contributed by atoms with Crippen LogP contribution < -0.4 is 0 Å². The molecule has 1 aliphatic carbocycles. The molecule has 3 nitrogen and oxygen atoms in total. The summed E-state index contributed by atoms with van der Waals surface area (Å²) in [7, 11) is 0. The van der Waals surface area contributed by atoms with Crippen molar-refractivity contribution in [2.75, 3.05) is 6.54 Å². The number of rotatable bonds is 2. The topological polar surface area (TPSA) is 39.4 Å². The molecular weight excluding hydrogens is 341 g/mol. The fraction of sp³-hybridized carbons (Fsp3) is 0.647. The molecule has 0 aromatic carbocycles. The highest BCUT2D eigenvalue weighted by Crippen LogP contribution is 2.47. The van der Waals surface area contributed by atoms with Crippen LogP contribution >= 0.6 is 0 Å². The molecule has 1 fully saturated rings. The molecule has 3 aliphatic rings. The van der Waals surface area contributed by atoms with Crippen LogP contribution in [0.15, 0.2) is 28.4 Å². The van der Waals surface area contributed by atoms with Gasteiger partial charge in [0.15, 0.2) is 5.54 Å². The number of nitriles is 1. The highest BCUT2D eigenvalue weighted by molar-refractivity contribution is 5.98. The molecule has 1 saturated carbocycles. The van der Waals surface area contributed by atoms with Gasteiger partial charge in [-0.25, -0.2) is 13.8 Å². The predicted molar refractivity (Wildman–Crippen MR) is 81.9 cm³/mol. The summed E-state index contributed by atoms with van der Waals surface area (Å²) < 4.78 is 68.1. The maximum atomic E-state index is 13.9. The second-order valence-corrected chi connectivity index (χ2v) is 7.11. The molecule has 0 amide bonds. The lowest BCUT2D eigenvalue weighted by Gasteiger charge is -2.36. The zero-order valence-corrected chi connectivity index (χ0v) is 13.7. The zero-order chi connectivity index (χ0) is 18.5. The molecule has 0 N–H and O–H groups in total. The lowest BCUT2D eigenvalue weighted by Crippen LogP contribution is -2.49. The predicted octanol–water partition coefficient (Wildman–Crippen LogP) is 4.58. The van der Waals surface area contributed by atoms with Gasteiger partial charge < -0.3 is 4.90 Å². The van der Waals surface area contributed by atoms with E-state index in [1.54, 1.807) is 6.92 Å². The molecule has 2 heterocycles. The Balaban J connectivity index is 1.87. The third-order valence-electron chi connectivity index (χ3n) is 5.21. The fourth-order valence-electron chi connectivity index (χ4n) is 3.74. The van der Waals surface area contributed by atoms with Crippen molar-refractivity contribution in [3.8, 4) is 6.07 Å². The molecule has 3 rings (SSSR count). The van der Waals surface area contributed by atoms with Gasteiger partial charge in [-0.1, -0.05) is 0 Å². The first-order valence-electron chi connectivity index (χ1n) is 8.17. The van der Waals surface area contributed by atoms with E-state index in [9.17, 15) is 22.0 Å². The first kappa shape index (κ1) is 17.9. The van der Waals surface area contributed by atoms with Crippen molar-refractivity contribution >= 4 is 5.84 Å². The molecule has 1 atom stereocenters. The van der Waals surface area contributed by atoms with Crippen molar-refractivity contribution in [3.63, 3.8) is 0 Å². The van der Waals surface area contributed by atoms with Crippen molar-refractivity contribution in [1.82, 2.24) is 4.90 Å². The number of hydrogen-bond donors (Lipinski definition) is 0. The summed E-state index contributed by atoms with van der Waals surface area (Å²) in [6.45, 7) is 1.29. The van der Waals surface area contributed by atoms with E-state index in [2.05, 4.69) is 4.99 Å². The Bertz CT molecular complexity index is 688. The second-order valence-electron chi connectivity index (χ2n) is 7.11. The Morgan fingerprint density at radius 2 is 1.96 bits per heavy atom. The van der Waals surface area contributed by atoms with Gasteiger partial charge in [-0.15, -0.1) is 0 Å². The summed E-state index contributed by atoms with van der Waals surface area (Å²) in [5, 5.41) is 9.06. The minimum absolute atomic E-state index is 0.0732. The van der Waals surface area contributed by atoms with Crippen molar-refractivity contribution < 1.29 is 22.0 Å². The third kappa shape index (κ3) is 3.29. The standard InChI is InChI=1S/C17H18F5N3/c1-11-9-25-10-15(17(20,21)22,24-14(25)6-13(11)8-23)7-12-2-4-16(18,19)5-3-12/h6,9,12H,2-5,7,10H2,1H3. The molecule has 0 radical (unpaired) electrons. The van der Waals surface area contributed by atoms with Gasteiger partial charge in [-0.2, -0.15) is 18.4 Å². The summed E-state index contributed by atoms with van der Waals surface area (Å²) in [5.74, 6) is -3.09. The number of halogens is 5. The molecule has 0 saturated heterocycles. The Morgan fingerprint density at radius 3 is 2.52 bits per heavy atom. The van der Waals surface area contributed by atoms with E-state index in [1.165, 1.54) is 17.2 Å². The fourth-order valence-corrected chi connectivity index (χ4v) is 3.74. The van der Waals surface area contributed by atoms with E-state index < -0.39 is 23.6 Å². The molecule has 1 unspecified atom stereocenters. The van der Waals surface area contributed by atoms with Crippen molar-refractivity contribution in [3.05, 3.63) is 23.4 Å². The Labute approximate surface area is 142 Å². The van der Waals surface area contributed by atoms with Gasteiger partial charge in [0.25, 0.3) is 0 Å². The molecule has 8 heteroatoms. The van der Waals surface area contributed by atoms with E-state index in [-0.39, 0.29) is 50.1 Å². The molecule has 0 aromatic rings. The summed E-state index contributed by atoms with van der Waals surface area (Å²) in [6, 6.07) is 1.94. The normalized spacial score (nSPS) is 29.5. The van der Waals surface area contributed by atoms with Gasteiger partial charge in [0.2, 0.25) is 5.92 Å². The van der Waals surface area contributed by atoms with Crippen LogP contribution in [-0.4, -0.2) is 34.9 Å². The number of fused-ring (bicyclic) bond motifs is 1. The largest absolute Gasteiger partial charge is 0.415 e. The first-order valence-corrected chi connectivity index (χ1v) is 8.17. The number of allylic oxidation sites excluding steroid dienone is 2. The van der Waals surface area contributed by atoms with Crippen molar-refractivity contribution in [2.24, 2.45) is 10.9 Å². The first-order chi connectivity index (χ1) is 11.6. The average Bonchev–Trinajstić information content (AvgIpc) is 2.86. The van der Waals surface area contributed by atoms with Gasteiger partial charge in [0.05, 0.1) is 18.2 Å². The number of amidine groups is 1. The van der Waals surface area contributed by atoms with E-state index >= 15 is 0 Å². The third-order valence-corrected chi connectivity index (χ3v) is 5.21. The van der Waals surface area contributed by atoms with E-state index in [4.69, 9.17) is 5.26 Å². The van der Waals surface area contributed by atoms with Gasteiger partial charge in [-0.3, -0.25) is 0 Å². The Kier molecular flexibility index (Phi) is 4.17. The molecule has 0 aromatic heterocycles. The molecule has 25 heavy (non-hydrogen) atoms. The van der Waals surface area contributed by atoms with E-state index in [0.29, 0.717) is 5.57 Å². The highest BCUT2D eigenvalue weighted by Gasteiger charge is 2.60. The second kappa shape index (κ2) is 5.82. The van der Waals surface area contributed by atoms with Crippen LogP contribution in [-0.2, 0) is 0 Å². The monoisotopic (exact) mass is 359 g/mol. The molecule has 2 aliphatic heterocycles. The summed E-state index contributed by atoms with van der Waals surface area (Å²) >= 11 is 0. The molecule has 136 valence electrons. The zero-order valence-electron chi connectivity index (χ0n) is 13.7. The number of hydrogen-bond acceptors (Lipinski definition) is 3. The van der Waals surface area contributed by atoms with Crippen LogP contribution in [0.25, 0.3) is 0 Å². The van der Waals surface area contributed by atoms with Crippen LogP contribution in [0.2, 0.25) is 0 Å². The molecule has 0 spiro atoms. The van der Waals surface area contributed by atoms with Gasteiger partial charge in [-0.05, 0) is 43.8 Å². The lowest BCUT2D eigenvalue weighted by molar-refractivity contribution is -0.189. The summed E-state index contributed by atoms with van der Waals surface area (Å²) in [5.41, 5.74) is -1.44. The van der Waals surface area contributed by atoms with Gasteiger partial charge in [0, 0.05) is 19.0 Å². The summed E-state index contributed by atoms with van der Waals surface area (Å²) in [4.78, 5) is 5.34. The van der Waals surface area contributed by atoms with Crippen LogP contribution in [0, 0.1) is 17.2 Å². The minimum atomic E-state index is -4.58. The van der Waals surface area contributed by atoms with Crippen molar-refractivity contribution in [1.29, 1.82) is 5.26 Å². The smallest absolute Gasteiger partial charge is 0.330 e. The Hall–Kier alpha value is -1.91. The SMILES string of the molecule is CC1=CN2CC(CC3CCC(F)(F)CC3)(C(F)(F)F)N=C2C=C1C#N. The average molecular weight is 359 g/mol.